The van der Waals surface area contributed by atoms with E-state index >= 15 is 0 Å². The van der Waals surface area contributed by atoms with Gasteiger partial charge in [0.1, 0.15) is 11.6 Å². The second-order valence-electron chi connectivity index (χ2n) is 4.44. The van der Waals surface area contributed by atoms with Gasteiger partial charge < -0.3 is 10.3 Å². The topological polar surface area (TPSA) is 57.8 Å². The third-order valence-electron chi connectivity index (χ3n) is 2.91. The summed E-state index contributed by atoms with van der Waals surface area (Å²) in [6.07, 6.45) is -3.88. The van der Waals surface area contributed by atoms with Crippen molar-refractivity contribution in [1.29, 1.82) is 0 Å². The van der Waals surface area contributed by atoms with E-state index in [9.17, 15) is 18.0 Å². The van der Waals surface area contributed by atoms with E-state index in [0.717, 1.165) is 6.07 Å². The summed E-state index contributed by atoms with van der Waals surface area (Å²) in [6.45, 7) is 1.76. The molecular formula is C14H14F3N3O. The van der Waals surface area contributed by atoms with Crippen LogP contribution in [-0.4, -0.2) is 9.97 Å². The molecule has 7 heteroatoms. The lowest BCUT2D eigenvalue weighted by Crippen LogP contribution is -2.15. The second kappa shape index (κ2) is 5.99. The highest BCUT2D eigenvalue weighted by molar-refractivity contribution is 5.37. The quantitative estimate of drug-likeness (QED) is 0.912. The van der Waals surface area contributed by atoms with Crippen LogP contribution in [0.3, 0.4) is 0 Å². The number of rotatable bonds is 4. The maximum absolute atomic E-state index is 12.9. The standard InChI is InChI=1S/C14H14F3N3O/c1-2-11-19-12(7-13(21)20-11)18-8-9-5-3-4-6-10(9)14(15,16)17/h3-7H,2,8H2,1H3,(H2,18,19,20,21). The number of aryl methyl sites for hydroxylation is 1. The average Bonchev–Trinajstić information content (AvgIpc) is 2.44. The number of hydrogen-bond donors (Lipinski definition) is 2. The molecule has 4 nitrogen and oxygen atoms in total. The molecule has 2 rings (SSSR count). The molecule has 1 aromatic heterocycles. The molecule has 0 aliphatic carbocycles. The molecule has 0 fully saturated rings. The van der Waals surface area contributed by atoms with Crippen LogP contribution >= 0.6 is 0 Å². The lowest BCUT2D eigenvalue weighted by atomic mass is 10.1. The molecule has 2 aromatic rings. The first-order valence-electron chi connectivity index (χ1n) is 6.39. The van der Waals surface area contributed by atoms with Gasteiger partial charge in [-0.2, -0.15) is 13.2 Å². The van der Waals surface area contributed by atoms with Gasteiger partial charge in [0.25, 0.3) is 5.56 Å². The fourth-order valence-electron chi connectivity index (χ4n) is 1.90. The third-order valence-corrected chi connectivity index (χ3v) is 2.91. The van der Waals surface area contributed by atoms with Crippen molar-refractivity contribution in [2.45, 2.75) is 26.1 Å². The van der Waals surface area contributed by atoms with Gasteiger partial charge in [0.15, 0.2) is 0 Å². The number of H-pyrrole nitrogens is 1. The van der Waals surface area contributed by atoms with Gasteiger partial charge in [0.2, 0.25) is 0 Å². The molecule has 21 heavy (non-hydrogen) atoms. The number of hydrogen-bond acceptors (Lipinski definition) is 3. The van der Waals surface area contributed by atoms with Gasteiger partial charge in [-0.1, -0.05) is 25.1 Å². The van der Waals surface area contributed by atoms with E-state index in [0.29, 0.717) is 12.2 Å². The van der Waals surface area contributed by atoms with Crippen LogP contribution in [0.15, 0.2) is 35.1 Å². The first kappa shape index (κ1) is 15.1. The molecule has 0 amide bonds. The molecule has 112 valence electrons. The van der Waals surface area contributed by atoms with Gasteiger partial charge in [0.05, 0.1) is 5.56 Å². The molecule has 0 spiro atoms. The molecule has 1 aromatic carbocycles. The predicted molar refractivity (Wildman–Crippen MR) is 73.0 cm³/mol. The number of alkyl halides is 3. The summed E-state index contributed by atoms with van der Waals surface area (Å²) < 4.78 is 38.6. The maximum atomic E-state index is 12.9. The van der Waals surface area contributed by atoms with Gasteiger partial charge in [-0.3, -0.25) is 4.79 Å². The minimum absolute atomic E-state index is 0.0602. The fraction of sp³-hybridized carbons (Fsp3) is 0.286. The molecule has 0 aliphatic rings. The van der Waals surface area contributed by atoms with E-state index in [2.05, 4.69) is 15.3 Å². The van der Waals surface area contributed by atoms with Crippen LogP contribution in [0.4, 0.5) is 19.0 Å². The summed E-state index contributed by atoms with van der Waals surface area (Å²) in [6, 6.07) is 6.51. The first-order chi connectivity index (χ1) is 9.90. The minimum atomic E-state index is -4.41. The van der Waals surface area contributed by atoms with Crippen molar-refractivity contribution in [1.82, 2.24) is 9.97 Å². The van der Waals surface area contributed by atoms with Crippen molar-refractivity contribution in [3.05, 3.63) is 57.6 Å². The van der Waals surface area contributed by atoms with E-state index < -0.39 is 11.7 Å². The average molecular weight is 297 g/mol. The number of aromatic amines is 1. The number of nitrogens with zero attached hydrogens (tertiary/aromatic N) is 1. The number of nitrogens with one attached hydrogen (secondary N) is 2. The highest BCUT2D eigenvalue weighted by atomic mass is 19.4. The predicted octanol–water partition coefficient (Wildman–Crippen LogP) is 2.96. The summed E-state index contributed by atoms with van der Waals surface area (Å²) in [5, 5.41) is 2.76. The molecule has 0 atom stereocenters. The van der Waals surface area contributed by atoms with E-state index in [4.69, 9.17) is 0 Å². The van der Waals surface area contributed by atoms with Crippen molar-refractivity contribution >= 4 is 5.82 Å². The molecule has 0 saturated carbocycles. The van der Waals surface area contributed by atoms with Crippen LogP contribution in [0.1, 0.15) is 23.9 Å². The highest BCUT2D eigenvalue weighted by Gasteiger charge is 2.32. The van der Waals surface area contributed by atoms with E-state index in [-0.39, 0.29) is 23.5 Å². The van der Waals surface area contributed by atoms with E-state index in [1.807, 2.05) is 6.92 Å². The van der Waals surface area contributed by atoms with Gasteiger partial charge in [0, 0.05) is 19.0 Å². The Bertz CT molecular complexity index is 680. The zero-order chi connectivity index (χ0) is 15.5. The monoisotopic (exact) mass is 297 g/mol. The Hall–Kier alpha value is -2.31. The van der Waals surface area contributed by atoms with Crippen LogP contribution < -0.4 is 10.9 Å². The molecule has 0 bridgehead atoms. The summed E-state index contributed by atoms with van der Waals surface area (Å²) in [7, 11) is 0. The van der Waals surface area contributed by atoms with Gasteiger partial charge in [-0.05, 0) is 11.6 Å². The lowest BCUT2D eigenvalue weighted by molar-refractivity contribution is -0.138. The molecule has 1 heterocycles. The zero-order valence-corrected chi connectivity index (χ0v) is 11.3. The Balaban J connectivity index is 2.21. The molecule has 0 aliphatic heterocycles. The Kier molecular flexibility index (Phi) is 4.30. The van der Waals surface area contributed by atoms with Gasteiger partial charge >= 0.3 is 6.18 Å². The number of aromatic nitrogens is 2. The van der Waals surface area contributed by atoms with Crippen LogP contribution in [-0.2, 0) is 19.1 Å². The number of benzene rings is 1. The fourth-order valence-corrected chi connectivity index (χ4v) is 1.90. The Morgan fingerprint density at radius 1 is 1.29 bits per heavy atom. The van der Waals surface area contributed by atoms with Crippen LogP contribution in [0.25, 0.3) is 0 Å². The highest BCUT2D eigenvalue weighted by Crippen LogP contribution is 2.31. The Labute approximate surface area is 119 Å². The molecule has 0 unspecified atom stereocenters. The molecule has 0 radical (unpaired) electrons. The zero-order valence-electron chi connectivity index (χ0n) is 11.3. The third kappa shape index (κ3) is 3.84. The maximum Gasteiger partial charge on any atom is 0.416 e. The van der Waals surface area contributed by atoms with E-state index in [1.54, 1.807) is 0 Å². The van der Waals surface area contributed by atoms with Crippen molar-refractivity contribution in [3.8, 4) is 0 Å². The molecular weight excluding hydrogens is 283 g/mol. The number of halogens is 3. The lowest BCUT2D eigenvalue weighted by Gasteiger charge is -2.13. The molecule has 2 N–H and O–H groups in total. The van der Waals surface area contributed by atoms with Crippen molar-refractivity contribution in [2.24, 2.45) is 0 Å². The van der Waals surface area contributed by atoms with Crippen molar-refractivity contribution in [2.75, 3.05) is 5.32 Å². The normalized spacial score (nSPS) is 11.4. The van der Waals surface area contributed by atoms with Crippen molar-refractivity contribution in [3.63, 3.8) is 0 Å². The Morgan fingerprint density at radius 3 is 2.67 bits per heavy atom. The van der Waals surface area contributed by atoms with Crippen LogP contribution in [0.5, 0.6) is 0 Å². The summed E-state index contributed by atoms with van der Waals surface area (Å²) in [5.41, 5.74) is -0.934. The minimum Gasteiger partial charge on any atom is -0.366 e. The number of anilines is 1. The summed E-state index contributed by atoms with van der Waals surface area (Å²) in [5.74, 6) is 0.738. The second-order valence-corrected chi connectivity index (χ2v) is 4.44. The summed E-state index contributed by atoms with van der Waals surface area (Å²) >= 11 is 0. The van der Waals surface area contributed by atoms with Crippen LogP contribution in [0, 0.1) is 0 Å². The van der Waals surface area contributed by atoms with Gasteiger partial charge in [-0.25, -0.2) is 4.98 Å². The SMILES string of the molecule is CCc1nc(NCc2ccccc2C(F)(F)F)cc(=O)[nH]1. The molecule has 0 saturated heterocycles. The van der Waals surface area contributed by atoms with Crippen molar-refractivity contribution < 1.29 is 13.2 Å². The van der Waals surface area contributed by atoms with Crippen LogP contribution in [0.2, 0.25) is 0 Å². The first-order valence-corrected chi connectivity index (χ1v) is 6.39. The Morgan fingerprint density at radius 2 is 2.00 bits per heavy atom. The smallest absolute Gasteiger partial charge is 0.366 e. The van der Waals surface area contributed by atoms with E-state index in [1.165, 1.54) is 24.3 Å². The van der Waals surface area contributed by atoms with Gasteiger partial charge in [-0.15, -0.1) is 0 Å². The summed E-state index contributed by atoms with van der Waals surface area (Å²) in [4.78, 5) is 18.0. The largest absolute Gasteiger partial charge is 0.416 e.